The number of nitrogens with zero attached hydrogens (tertiary/aromatic N) is 1. The first kappa shape index (κ1) is 12.2. The molecule has 2 atom stereocenters. The van der Waals surface area contributed by atoms with Crippen LogP contribution in [-0.4, -0.2) is 34.6 Å². The van der Waals surface area contributed by atoms with Crippen molar-refractivity contribution in [2.75, 3.05) is 13.1 Å². The molecule has 2 fully saturated rings. The lowest BCUT2D eigenvalue weighted by atomic mass is 9.71. The molecular formula is C14H19NO2S. The molecule has 1 aliphatic carbocycles. The molecule has 4 heteroatoms. The highest BCUT2D eigenvalue weighted by atomic mass is 32.1. The van der Waals surface area contributed by atoms with E-state index >= 15 is 0 Å². The SMILES string of the molecule is O=C(c1cccs1)N1CCC2(O)CCCCC2C1. The Morgan fingerprint density at radius 2 is 2.33 bits per heavy atom. The van der Waals surface area contributed by atoms with E-state index < -0.39 is 5.60 Å². The molecule has 1 aliphatic heterocycles. The van der Waals surface area contributed by atoms with Gasteiger partial charge >= 0.3 is 0 Å². The number of thiophene rings is 1. The van der Waals surface area contributed by atoms with Crippen LogP contribution in [0.2, 0.25) is 0 Å². The molecule has 3 rings (SSSR count). The van der Waals surface area contributed by atoms with Crippen molar-refractivity contribution in [3.63, 3.8) is 0 Å². The maximum atomic E-state index is 12.3. The summed E-state index contributed by atoms with van der Waals surface area (Å²) in [7, 11) is 0. The van der Waals surface area contributed by atoms with Gasteiger partial charge in [-0.2, -0.15) is 0 Å². The van der Waals surface area contributed by atoms with Crippen LogP contribution < -0.4 is 0 Å². The minimum atomic E-state index is -0.496. The number of carbonyl (C=O) groups excluding carboxylic acids is 1. The Hall–Kier alpha value is -0.870. The highest BCUT2D eigenvalue weighted by Crippen LogP contribution is 2.40. The van der Waals surface area contributed by atoms with Gasteiger partial charge in [0.2, 0.25) is 0 Å². The third-order valence-electron chi connectivity index (χ3n) is 4.45. The molecule has 1 aromatic rings. The molecule has 1 amide bonds. The van der Waals surface area contributed by atoms with E-state index in [0.29, 0.717) is 6.54 Å². The van der Waals surface area contributed by atoms with Gasteiger partial charge in [0.15, 0.2) is 0 Å². The summed E-state index contributed by atoms with van der Waals surface area (Å²) < 4.78 is 0. The number of rotatable bonds is 1. The average molecular weight is 265 g/mol. The highest BCUT2D eigenvalue weighted by Gasteiger charge is 2.43. The zero-order valence-corrected chi connectivity index (χ0v) is 11.3. The van der Waals surface area contributed by atoms with Gasteiger partial charge in [-0.05, 0) is 30.7 Å². The van der Waals surface area contributed by atoms with Gasteiger partial charge in [0, 0.05) is 19.0 Å². The Balaban J connectivity index is 1.72. The molecule has 0 aromatic carbocycles. The van der Waals surface area contributed by atoms with Crippen molar-refractivity contribution >= 4 is 17.2 Å². The number of hydrogen-bond donors (Lipinski definition) is 1. The second-order valence-electron chi connectivity index (χ2n) is 5.52. The van der Waals surface area contributed by atoms with Gasteiger partial charge in [0.05, 0.1) is 10.5 Å². The molecule has 1 saturated carbocycles. The largest absolute Gasteiger partial charge is 0.389 e. The quantitative estimate of drug-likeness (QED) is 0.847. The molecule has 0 spiro atoms. The number of carbonyl (C=O) groups is 1. The molecule has 0 bridgehead atoms. The predicted octanol–water partition coefficient (Wildman–Crippen LogP) is 2.52. The fourth-order valence-corrected chi connectivity index (χ4v) is 4.00. The summed E-state index contributed by atoms with van der Waals surface area (Å²) in [5.41, 5.74) is -0.496. The van der Waals surface area contributed by atoms with Gasteiger partial charge < -0.3 is 10.0 Å². The number of amides is 1. The van der Waals surface area contributed by atoms with Crippen molar-refractivity contribution in [1.29, 1.82) is 0 Å². The molecule has 2 heterocycles. The Morgan fingerprint density at radius 1 is 1.44 bits per heavy atom. The standard InChI is InChI=1S/C14H19NO2S/c16-13(12-5-3-9-18-12)15-8-7-14(17)6-2-1-4-11(14)10-15/h3,5,9,11,17H,1-2,4,6-8,10H2. The number of fused-ring (bicyclic) bond motifs is 1. The maximum absolute atomic E-state index is 12.3. The van der Waals surface area contributed by atoms with Crippen molar-refractivity contribution in [1.82, 2.24) is 4.90 Å². The molecule has 98 valence electrons. The zero-order valence-electron chi connectivity index (χ0n) is 10.5. The smallest absolute Gasteiger partial charge is 0.263 e. The van der Waals surface area contributed by atoms with E-state index in [1.54, 1.807) is 0 Å². The van der Waals surface area contributed by atoms with Gasteiger partial charge in [-0.1, -0.05) is 18.9 Å². The van der Waals surface area contributed by atoms with Crippen LogP contribution in [0.4, 0.5) is 0 Å². The van der Waals surface area contributed by atoms with Crippen molar-refractivity contribution in [2.24, 2.45) is 5.92 Å². The monoisotopic (exact) mass is 265 g/mol. The number of likely N-dealkylation sites (tertiary alicyclic amines) is 1. The molecule has 2 aliphatic rings. The normalized spacial score (nSPS) is 32.1. The minimum Gasteiger partial charge on any atom is -0.389 e. The van der Waals surface area contributed by atoms with Crippen LogP contribution in [0.15, 0.2) is 17.5 Å². The highest BCUT2D eigenvalue weighted by molar-refractivity contribution is 7.12. The lowest BCUT2D eigenvalue weighted by Crippen LogP contribution is -2.54. The van der Waals surface area contributed by atoms with Crippen LogP contribution in [0.5, 0.6) is 0 Å². The lowest BCUT2D eigenvalue weighted by Gasteiger charge is -2.47. The molecule has 1 aromatic heterocycles. The molecule has 2 unspecified atom stereocenters. The second kappa shape index (κ2) is 4.67. The first-order valence-corrected chi connectivity index (χ1v) is 7.62. The summed E-state index contributed by atoms with van der Waals surface area (Å²) in [6, 6.07) is 3.80. The van der Waals surface area contributed by atoms with Gasteiger partial charge in [0.1, 0.15) is 0 Å². The number of piperidine rings is 1. The first-order chi connectivity index (χ1) is 8.69. The van der Waals surface area contributed by atoms with E-state index in [2.05, 4.69) is 0 Å². The van der Waals surface area contributed by atoms with E-state index in [0.717, 1.165) is 37.1 Å². The molecule has 1 N–H and O–H groups in total. The summed E-state index contributed by atoms with van der Waals surface area (Å²) in [5.74, 6) is 0.418. The van der Waals surface area contributed by atoms with E-state index in [9.17, 15) is 9.90 Å². The van der Waals surface area contributed by atoms with Crippen molar-refractivity contribution in [3.05, 3.63) is 22.4 Å². The average Bonchev–Trinajstić information content (AvgIpc) is 2.90. The van der Waals surface area contributed by atoms with Gasteiger partial charge in [-0.3, -0.25) is 4.79 Å². The van der Waals surface area contributed by atoms with Crippen LogP contribution in [0.1, 0.15) is 41.8 Å². The third kappa shape index (κ3) is 2.08. The van der Waals surface area contributed by atoms with Gasteiger partial charge in [0.25, 0.3) is 5.91 Å². The summed E-state index contributed by atoms with van der Waals surface area (Å²) in [4.78, 5) is 15.0. The summed E-state index contributed by atoms with van der Waals surface area (Å²) in [5, 5.41) is 12.5. The van der Waals surface area contributed by atoms with Crippen molar-refractivity contribution < 1.29 is 9.90 Å². The topological polar surface area (TPSA) is 40.5 Å². The van der Waals surface area contributed by atoms with E-state index in [-0.39, 0.29) is 11.8 Å². The fraction of sp³-hybridized carbons (Fsp3) is 0.643. The van der Waals surface area contributed by atoms with Crippen LogP contribution in [0.25, 0.3) is 0 Å². The minimum absolute atomic E-state index is 0.137. The fourth-order valence-electron chi connectivity index (χ4n) is 3.31. The van der Waals surface area contributed by atoms with Gasteiger partial charge in [-0.25, -0.2) is 0 Å². The van der Waals surface area contributed by atoms with Crippen LogP contribution >= 0.6 is 11.3 Å². The van der Waals surface area contributed by atoms with E-state index in [1.165, 1.54) is 17.8 Å². The first-order valence-electron chi connectivity index (χ1n) is 6.74. The van der Waals surface area contributed by atoms with Crippen LogP contribution in [0, 0.1) is 5.92 Å². The van der Waals surface area contributed by atoms with Crippen molar-refractivity contribution in [2.45, 2.75) is 37.7 Å². The Kier molecular flexibility index (Phi) is 3.16. The lowest BCUT2D eigenvalue weighted by molar-refractivity contribution is -0.0885. The summed E-state index contributed by atoms with van der Waals surface area (Å²) in [6.07, 6.45) is 5.04. The van der Waals surface area contributed by atoms with Gasteiger partial charge in [-0.15, -0.1) is 11.3 Å². The molecule has 18 heavy (non-hydrogen) atoms. The zero-order chi connectivity index (χ0) is 12.6. The van der Waals surface area contributed by atoms with E-state index in [1.807, 2.05) is 22.4 Å². The Labute approximate surface area is 111 Å². The second-order valence-corrected chi connectivity index (χ2v) is 6.47. The number of aliphatic hydroxyl groups is 1. The third-order valence-corrected chi connectivity index (χ3v) is 5.30. The number of hydrogen-bond acceptors (Lipinski definition) is 3. The van der Waals surface area contributed by atoms with Crippen LogP contribution in [0.3, 0.4) is 0 Å². The Bertz CT molecular complexity index is 431. The predicted molar refractivity (Wildman–Crippen MR) is 71.7 cm³/mol. The molecular weight excluding hydrogens is 246 g/mol. The molecule has 0 radical (unpaired) electrons. The van der Waals surface area contributed by atoms with E-state index in [4.69, 9.17) is 0 Å². The summed E-state index contributed by atoms with van der Waals surface area (Å²) in [6.45, 7) is 1.43. The molecule has 3 nitrogen and oxygen atoms in total. The summed E-state index contributed by atoms with van der Waals surface area (Å²) >= 11 is 1.50. The van der Waals surface area contributed by atoms with Crippen LogP contribution in [-0.2, 0) is 0 Å². The van der Waals surface area contributed by atoms with Crippen molar-refractivity contribution in [3.8, 4) is 0 Å². The maximum Gasteiger partial charge on any atom is 0.263 e. The Morgan fingerprint density at radius 3 is 3.11 bits per heavy atom. The molecule has 1 saturated heterocycles.